The minimum absolute atomic E-state index is 0.0154. The monoisotopic (exact) mass is 650 g/mol. The van der Waals surface area contributed by atoms with Gasteiger partial charge >= 0.3 is 6.09 Å². The van der Waals surface area contributed by atoms with Crippen LogP contribution in [0.15, 0.2) is 42.5 Å². The SMILES string of the molecule is COc1cccc(CN(C(=O)CC(C)(C)C)C2CC(C(=O)N3CCN(C(=O)OC(C)(C)C)CC3)N(Cc3ccc4c(c3)OCO4)C2)c1. The van der Waals surface area contributed by atoms with Gasteiger partial charge < -0.3 is 33.6 Å². The zero-order valence-corrected chi connectivity index (χ0v) is 28.9. The van der Waals surface area contributed by atoms with Crippen molar-refractivity contribution in [2.75, 3.05) is 46.6 Å². The molecule has 11 heteroatoms. The maximum atomic E-state index is 14.3. The quantitative estimate of drug-likeness (QED) is 0.398. The molecule has 0 spiro atoms. The van der Waals surface area contributed by atoms with Crippen molar-refractivity contribution in [1.82, 2.24) is 19.6 Å². The number of rotatable bonds is 8. The van der Waals surface area contributed by atoms with Crippen molar-refractivity contribution in [3.8, 4) is 17.2 Å². The molecule has 256 valence electrons. The molecule has 3 aliphatic rings. The summed E-state index contributed by atoms with van der Waals surface area (Å²) in [7, 11) is 1.64. The van der Waals surface area contributed by atoms with Gasteiger partial charge in [0, 0.05) is 58.3 Å². The van der Waals surface area contributed by atoms with Gasteiger partial charge in [0.25, 0.3) is 0 Å². The normalized spacial score (nSPS) is 19.9. The minimum atomic E-state index is -0.584. The molecule has 0 saturated carbocycles. The maximum absolute atomic E-state index is 14.3. The van der Waals surface area contributed by atoms with E-state index in [2.05, 4.69) is 25.7 Å². The average Bonchev–Trinajstić information content (AvgIpc) is 3.65. The Hall–Kier alpha value is -3.99. The van der Waals surface area contributed by atoms with E-state index in [1.165, 1.54) is 0 Å². The maximum Gasteiger partial charge on any atom is 0.410 e. The third-order valence-corrected chi connectivity index (χ3v) is 8.66. The van der Waals surface area contributed by atoms with Gasteiger partial charge in [-0.1, -0.05) is 39.0 Å². The van der Waals surface area contributed by atoms with E-state index in [1.807, 2.05) is 73.0 Å². The molecule has 0 aromatic heterocycles. The van der Waals surface area contributed by atoms with Crippen LogP contribution in [0.5, 0.6) is 17.2 Å². The van der Waals surface area contributed by atoms with Gasteiger partial charge in [0.05, 0.1) is 13.2 Å². The van der Waals surface area contributed by atoms with Crippen LogP contribution in [-0.4, -0.2) is 102 Å². The standard InChI is InChI=1S/C36H50N4O7/c1-35(2,3)20-32(41)40(22-25-9-8-10-28(17-25)44-7)27-19-29(39(23-27)21-26-11-12-30-31(18-26)46-24-45-30)33(42)37-13-15-38(16-14-37)34(43)47-36(4,5)6/h8-12,17-18,27,29H,13-16,19-24H2,1-7H3. The zero-order valence-electron chi connectivity index (χ0n) is 28.9. The zero-order chi connectivity index (χ0) is 33.9. The van der Waals surface area contributed by atoms with E-state index in [-0.39, 0.29) is 36.2 Å². The summed E-state index contributed by atoms with van der Waals surface area (Å²) in [5.41, 5.74) is 1.20. The second-order valence-electron chi connectivity index (χ2n) is 14.9. The van der Waals surface area contributed by atoms with Crippen LogP contribution in [0.25, 0.3) is 0 Å². The molecule has 3 heterocycles. The van der Waals surface area contributed by atoms with E-state index < -0.39 is 11.6 Å². The highest BCUT2D eigenvalue weighted by atomic mass is 16.7. The average molecular weight is 651 g/mol. The number of carbonyl (C=O) groups excluding carboxylic acids is 3. The molecule has 2 saturated heterocycles. The third kappa shape index (κ3) is 8.88. The molecule has 2 aromatic carbocycles. The molecule has 3 aliphatic heterocycles. The molecule has 3 amide bonds. The van der Waals surface area contributed by atoms with Gasteiger partial charge in [0.15, 0.2) is 11.5 Å². The van der Waals surface area contributed by atoms with E-state index in [1.54, 1.807) is 12.0 Å². The van der Waals surface area contributed by atoms with Crippen molar-refractivity contribution in [1.29, 1.82) is 0 Å². The Morgan fingerprint density at radius 3 is 2.28 bits per heavy atom. The minimum Gasteiger partial charge on any atom is -0.497 e. The van der Waals surface area contributed by atoms with E-state index in [4.69, 9.17) is 18.9 Å². The fourth-order valence-electron chi connectivity index (χ4n) is 6.40. The molecule has 11 nitrogen and oxygen atoms in total. The Balaban J connectivity index is 1.38. The first-order chi connectivity index (χ1) is 22.2. The summed E-state index contributed by atoms with van der Waals surface area (Å²) in [6.45, 7) is 15.1. The highest BCUT2D eigenvalue weighted by Gasteiger charge is 2.43. The van der Waals surface area contributed by atoms with Gasteiger partial charge in [0.1, 0.15) is 11.4 Å². The van der Waals surface area contributed by atoms with Crippen LogP contribution in [0.4, 0.5) is 4.79 Å². The highest BCUT2D eigenvalue weighted by Crippen LogP contribution is 2.35. The number of piperazine rings is 1. The first-order valence-electron chi connectivity index (χ1n) is 16.5. The molecule has 0 aliphatic carbocycles. The summed E-state index contributed by atoms with van der Waals surface area (Å²) < 4.78 is 22.2. The first-order valence-corrected chi connectivity index (χ1v) is 16.5. The number of methoxy groups -OCH3 is 1. The summed E-state index contributed by atoms with van der Waals surface area (Å²) in [6.07, 6.45) is 0.539. The summed E-state index contributed by atoms with van der Waals surface area (Å²) in [5, 5.41) is 0. The Morgan fingerprint density at radius 2 is 1.60 bits per heavy atom. The first kappa shape index (κ1) is 34.3. The number of carbonyl (C=O) groups is 3. The largest absolute Gasteiger partial charge is 0.497 e. The van der Waals surface area contributed by atoms with E-state index in [9.17, 15) is 14.4 Å². The van der Waals surface area contributed by atoms with Crippen LogP contribution in [-0.2, 0) is 27.4 Å². The van der Waals surface area contributed by atoms with E-state index >= 15 is 0 Å². The van der Waals surface area contributed by atoms with Crippen LogP contribution in [0.2, 0.25) is 0 Å². The van der Waals surface area contributed by atoms with Crippen molar-refractivity contribution in [3.63, 3.8) is 0 Å². The number of nitrogens with zero attached hydrogens (tertiary/aromatic N) is 4. The van der Waals surface area contributed by atoms with Crippen LogP contribution in [0.3, 0.4) is 0 Å². The second-order valence-corrected chi connectivity index (χ2v) is 14.9. The Bertz CT molecular complexity index is 1440. The second kappa shape index (κ2) is 14.0. The van der Waals surface area contributed by atoms with Gasteiger partial charge in [-0.15, -0.1) is 0 Å². The number of likely N-dealkylation sites (tertiary alicyclic amines) is 1. The molecular formula is C36H50N4O7. The fraction of sp³-hybridized carbons (Fsp3) is 0.583. The topological polar surface area (TPSA) is 101 Å². The molecule has 2 aromatic rings. The number of benzene rings is 2. The van der Waals surface area contributed by atoms with Crippen molar-refractivity contribution in [2.45, 2.75) is 85.2 Å². The molecule has 2 atom stereocenters. The number of fused-ring (bicyclic) bond motifs is 1. The van der Waals surface area contributed by atoms with Crippen LogP contribution in [0.1, 0.15) is 65.5 Å². The van der Waals surface area contributed by atoms with Crippen LogP contribution in [0, 0.1) is 5.41 Å². The van der Waals surface area contributed by atoms with Crippen molar-refractivity contribution in [2.24, 2.45) is 5.41 Å². The summed E-state index contributed by atoms with van der Waals surface area (Å²) in [5.74, 6) is 2.22. The van der Waals surface area contributed by atoms with E-state index in [0.717, 1.165) is 16.9 Å². The smallest absolute Gasteiger partial charge is 0.410 e. The number of hydrogen-bond acceptors (Lipinski definition) is 8. The van der Waals surface area contributed by atoms with Crippen LogP contribution >= 0.6 is 0 Å². The molecular weight excluding hydrogens is 600 g/mol. The molecule has 2 unspecified atom stereocenters. The number of ether oxygens (including phenoxy) is 4. The summed E-state index contributed by atoms with van der Waals surface area (Å²) in [6, 6.07) is 13.1. The van der Waals surface area contributed by atoms with Crippen molar-refractivity contribution >= 4 is 17.9 Å². The molecule has 0 bridgehead atoms. The molecule has 47 heavy (non-hydrogen) atoms. The summed E-state index contributed by atoms with van der Waals surface area (Å²) >= 11 is 0. The highest BCUT2D eigenvalue weighted by molar-refractivity contribution is 5.83. The number of amides is 3. The lowest BCUT2D eigenvalue weighted by atomic mass is 9.91. The van der Waals surface area contributed by atoms with E-state index in [0.29, 0.717) is 70.2 Å². The van der Waals surface area contributed by atoms with Gasteiger partial charge in [-0.05, 0) is 68.0 Å². The van der Waals surface area contributed by atoms with Crippen molar-refractivity contribution < 1.29 is 33.3 Å². The lowest BCUT2D eigenvalue weighted by molar-refractivity contribution is -0.138. The molecule has 2 fully saturated rings. The molecule has 5 rings (SSSR count). The molecule has 0 radical (unpaired) electrons. The van der Waals surface area contributed by atoms with Gasteiger partial charge in [0.2, 0.25) is 18.6 Å². The Labute approximate surface area is 278 Å². The van der Waals surface area contributed by atoms with Crippen LogP contribution < -0.4 is 14.2 Å². The van der Waals surface area contributed by atoms with Gasteiger partial charge in [-0.3, -0.25) is 14.5 Å². The predicted molar refractivity (Wildman–Crippen MR) is 177 cm³/mol. The van der Waals surface area contributed by atoms with Crippen molar-refractivity contribution in [3.05, 3.63) is 53.6 Å². The predicted octanol–water partition coefficient (Wildman–Crippen LogP) is 4.91. The Kier molecular flexibility index (Phi) is 10.2. The van der Waals surface area contributed by atoms with Gasteiger partial charge in [-0.25, -0.2) is 4.79 Å². The lowest BCUT2D eigenvalue weighted by Crippen LogP contribution is -2.55. The molecule has 0 N–H and O–H groups in total. The lowest BCUT2D eigenvalue weighted by Gasteiger charge is -2.37. The summed E-state index contributed by atoms with van der Waals surface area (Å²) in [4.78, 5) is 48.6. The third-order valence-electron chi connectivity index (χ3n) is 8.66. The van der Waals surface area contributed by atoms with Gasteiger partial charge in [-0.2, -0.15) is 0 Å². The number of hydrogen-bond donors (Lipinski definition) is 0. The fourth-order valence-corrected chi connectivity index (χ4v) is 6.40. The Morgan fingerprint density at radius 1 is 0.894 bits per heavy atom.